The lowest BCUT2D eigenvalue weighted by atomic mass is 10.3. The van der Waals surface area contributed by atoms with Crippen molar-refractivity contribution in [3.05, 3.63) is 48.7 Å². The van der Waals surface area contributed by atoms with E-state index in [1.54, 1.807) is 6.07 Å². The van der Waals surface area contributed by atoms with E-state index < -0.39 is 5.97 Å². The van der Waals surface area contributed by atoms with Gasteiger partial charge >= 0.3 is 5.97 Å². The van der Waals surface area contributed by atoms with E-state index in [0.717, 1.165) is 14.1 Å². The maximum atomic E-state index is 10.7. The Hall–Kier alpha value is -0.790. The first-order valence-electron chi connectivity index (χ1n) is 5.07. The van der Waals surface area contributed by atoms with Crippen molar-refractivity contribution in [2.45, 2.75) is 6.54 Å². The fraction of sp³-hybridized carbons (Fsp3) is 0.0833. The zero-order chi connectivity index (χ0) is 13.1. The van der Waals surface area contributed by atoms with Gasteiger partial charge in [-0.2, -0.15) is 0 Å². The third-order valence-electron chi connectivity index (χ3n) is 2.26. The number of nitrogens with one attached hydrogen (secondary N) is 1. The monoisotopic (exact) mass is 393 g/mol. The minimum atomic E-state index is -0.890. The van der Waals surface area contributed by atoms with Crippen molar-refractivity contribution in [2.75, 3.05) is 5.32 Å². The summed E-state index contributed by atoms with van der Waals surface area (Å²) in [5.41, 5.74) is 0.849. The maximum absolute atomic E-state index is 10.7. The van der Waals surface area contributed by atoms with Crippen LogP contribution in [0, 0.1) is 3.57 Å². The highest BCUT2D eigenvalue weighted by molar-refractivity contribution is 14.1. The van der Waals surface area contributed by atoms with Gasteiger partial charge in [-0.1, -0.05) is 11.6 Å². The third-order valence-corrected chi connectivity index (χ3v) is 4.31. The van der Waals surface area contributed by atoms with Crippen LogP contribution in [0.5, 0.6) is 0 Å². The summed E-state index contributed by atoms with van der Waals surface area (Å²) in [5.74, 6) is -0.890. The highest BCUT2D eigenvalue weighted by Gasteiger charge is 2.07. The third kappa shape index (κ3) is 3.37. The second-order valence-corrected chi connectivity index (χ2v) is 6.37. The van der Waals surface area contributed by atoms with E-state index in [4.69, 9.17) is 16.7 Å². The second-order valence-electron chi connectivity index (χ2n) is 3.55. The number of thiophene rings is 1. The molecule has 2 N–H and O–H groups in total. The second kappa shape index (κ2) is 5.90. The van der Waals surface area contributed by atoms with Gasteiger partial charge in [-0.3, -0.25) is 0 Å². The van der Waals surface area contributed by atoms with E-state index in [2.05, 4.69) is 27.9 Å². The zero-order valence-electron chi connectivity index (χ0n) is 9.11. The molecule has 1 aromatic heterocycles. The summed E-state index contributed by atoms with van der Waals surface area (Å²) in [4.78, 5) is 12.1. The number of carbonyl (C=O) groups is 1. The molecule has 0 amide bonds. The number of halogens is 2. The molecule has 0 aliphatic rings. The number of carboxylic acid groups (broad SMARTS) is 1. The van der Waals surface area contributed by atoms with E-state index in [1.165, 1.54) is 11.3 Å². The van der Waals surface area contributed by atoms with Gasteiger partial charge < -0.3 is 10.4 Å². The van der Waals surface area contributed by atoms with Gasteiger partial charge in [0.05, 0.1) is 10.7 Å². The van der Waals surface area contributed by atoms with E-state index >= 15 is 0 Å². The normalized spacial score (nSPS) is 10.3. The Morgan fingerprint density at radius 1 is 1.39 bits per heavy atom. The number of rotatable bonds is 4. The molecule has 0 atom stereocenters. The van der Waals surface area contributed by atoms with E-state index in [0.29, 0.717) is 16.4 Å². The Morgan fingerprint density at radius 2 is 2.17 bits per heavy atom. The lowest BCUT2D eigenvalue weighted by Crippen LogP contribution is -1.98. The molecule has 6 heteroatoms. The summed E-state index contributed by atoms with van der Waals surface area (Å²) < 4.78 is 1.08. The van der Waals surface area contributed by atoms with Crippen LogP contribution in [0.2, 0.25) is 5.02 Å². The average Bonchev–Trinajstić information content (AvgIpc) is 2.76. The first-order chi connectivity index (χ1) is 8.56. The van der Waals surface area contributed by atoms with Gasteiger partial charge in [-0.25, -0.2) is 4.79 Å². The quantitative estimate of drug-likeness (QED) is 0.761. The molecule has 94 valence electrons. The minimum absolute atomic E-state index is 0.348. The van der Waals surface area contributed by atoms with Crippen molar-refractivity contribution >= 4 is 57.2 Å². The van der Waals surface area contributed by atoms with Crippen molar-refractivity contribution in [1.82, 2.24) is 0 Å². The molecule has 0 saturated carbocycles. The molecule has 0 radical (unpaired) electrons. The van der Waals surface area contributed by atoms with Crippen LogP contribution < -0.4 is 5.32 Å². The Kier molecular flexibility index (Phi) is 4.47. The number of carboxylic acids is 1. The Morgan fingerprint density at radius 3 is 2.78 bits per heavy atom. The summed E-state index contributed by atoms with van der Waals surface area (Å²) >= 11 is 9.55. The van der Waals surface area contributed by atoms with Crippen molar-refractivity contribution in [3.8, 4) is 0 Å². The van der Waals surface area contributed by atoms with E-state index in [1.807, 2.05) is 24.3 Å². The first-order valence-corrected chi connectivity index (χ1v) is 7.34. The van der Waals surface area contributed by atoms with Gasteiger partial charge in [-0.05, 0) is 52.9 Å². The Bertz CT molecular complexity index is 585. The highest BCUT2D eigenvalue weighted by atomic mass is 127. The molecule has 2 aromatic rings. The predicted octanol–water partition coefficient (Wildman–Crippen LogP) is 4.32. The summed E-state index contributed by atoms with van der Waals surface area (Å²) in [6.45, 7) is 0.568. The van der Waals surface area contributed by atoms with Crippen molar-refractivity contribution in [2.24, 2.45) is 0 Å². The van der Waals surface area contributed by atoms with Gasteiger partial charge in [0, 0.05) is 15.0 Å². The summed E-state index contributed by atoms with van der Waals surface area (Å²) in [6, 6.07) is 9.17. The SMILES string of the molecule is O=C(O)c1ccc(CNc2ccc(I)cc2Cl)s1. The van der Waals surface area contributed by atoms with Gasteiger partial charge in [0.25, 0.3) is 0 Å². The zero-order valence-corrected chi connectivity index (χ0v) is 12.8. The van der Waals surface area contributed by atoms with Gasteiger partial charge in [0.2, 0.25) is 0 Å². The topological polar surface area (TPSA) is 49.3 Å². The smallest absolute Gasteiger partial charge is 0.345 e. The fourth-order valence-corrected chi connectivity index (χ4v) is 3.11. The first kappa shape index (κ1) is 13.6. The van der Waals surface area contributed by atoms with Crippen LogP contribution in [-0.4, -0.2) is 11.1 Å². The summed E-state index contributed by atoms with van der Waals surface area (Å²) in [5, 5.41) is 12.7. The molecule has 3 nitrogen and oxygen atoms in total. The standard InChI is InChI=1S/C12H9ClINO2S/c13-9-5-7(14)1-3-10(9)15-6-8-2-4-11(18-8)12(16)17/h1-5,15H,6H2,(H,16,17). The molecule has 1 aromatic carbocycles. The van der Waals surface area contributed by atoms with Gasteiger partial charge in [0.1, 0.15) is 4.88 Å². The molecular weight excluding hydrogens is 385 g/mol. The van der Waals surface area contributed by atoms with E-state index in [9.17, 15) is 4.79 Å². The number of benzene rings is 1. The molecule has 2 rings (SSSR count). The van der Waals surface area contributed by atoms with E-state index in [-0.39, 0.29) is 0 Å². The van der Waals surface area contributed by atoms with Crippen LogP contribution in [-0.2, 0) is 6.54 Å². The highest BCUT2D eigenvalue weighted by Crippen LogP contribution is 2.25. The maximum Gasteiger partial charge on any atom is 0.345 e. The molecule has 18 heavy (non-hydrogen) atoms. The molecule has 1 heterocycles. The van der Waals surface area contributed by atoms with Crippen molar-refractivity contribution in [1.29, 1.82) is 0 Å². The molecule has 0 bridgehead atoms. The number of hydrogen-bond acceptors (Lipinski definition) is 3. The molecule has 0 saturated heterocycles. The van der Waals surface area contributed by atoms with Gasteiger partial charge in [0.15, 0.2) is 0 Å². The number of anilines is 1. The Labute approximate surface area is 127 Å². The average molecular weight is 394 g/mol. The van der Waals surface area contributed by atoms with Crippen molar-refractivity contribution < 1.29 is 9.90 Å². The lowest BCUT2D eigenvalue weighted by Gasteiger charge is -2.07. The van der Waals surface area contributed by atoms with Crippen LogP contribution in [0.3, 0.4) is 0 Å². The van der Waals surface area contributed by atoms with Gasteiger partial charge in [-0.15, -0.1) is 11.3 Å². The van der Waals surface area contributed by atoms with Crippen LogP contribution in [0.1, 0.15) is 14.5 Å². The minimum Gasteiger partial charge on any atom is -0.477 e. The van der Waals surface area contributed by atoms with Crippen LogP contribution in [0.15, 0.2) is 30.3 Å². The molecule has 0 spiro atoms. The molecule has 0 fully saturated rings. The lowest BCUT2D eigenvalue weighted by molar-refractivity contribution is 0.0702. The Balaban J connectivity index is 2.04. The fourth-order valence-electron chi connectivity index (χ4n) is 1.40. The molecule has 0 aliphatic carbocycles. The molecule has 0 unspecified atom stereocenters. The number of aromatic carboxylic acids is 1. The van der Waals surface area contributed by atoms with Crippen LogP contribution >= 0.6 is 45.5 Å². The molecular formula is C12H9ClINO2S. The summed E-state index contributed by atoms with van der Waals surface area (Å²) in [7, 11) is 0. The predicted molar refractivity (Wildman–Crippen MR) is 82.8 cm³/mol. The molecule has 0 aliphatic heterocycles. The van der Waals surface area contributed by atoms with Crippen LogP contribution in [0.4, 0.5) is 5.69 Å². The van der Waals surface area contributed by atoms with Crippen molar-refractivity contribution in [3.63, 3.8) is 0 Å². The largest absolute Gasteiger partial charge is 0.477 e. The number of hydrogen-bond donors (Lipinski definition) is 2. The summed E-state index contributed by atoms with van der Waals surface area (Å²) in [6.07, 6.45) is 0. The van der Waals surface area contributed by atoms with Crippen LogP contribution in [0.25, 0.3) is 0 Å².